The van der Waals surface area contributed by atoms with Crippen molar-refractivity contribution in [2.45, 2.75) is 18.9 Å². The number of alkyl carbamates (subject to hydrolysis) is 1. The highest BCUT2D eigenvalue weighted by atomic mass is 16.5. The Labute approximate surface area is 152 Å². The highest BCUT2D eigenvalue weighted by Crippen LogP contribution is 2.21. The van der Waals surface area contributed by atoms with E-state index in [4.69, 9.17) is 9.84 Å². The van der Waals surface area contributed by atoms with Crippen LogP contribution in [-0.2, 0) is 9.53 Å². The molecular formula is C20H21NO5. The van der Waals surface area contributed by atoms with Gasteiger partial charge in [0.2, 0.25) is 0 Å². The van der Waals surface area contributed by atoms with Gasteiger partial charge in [-0.3, -0.25) is 0 Å². The van der Waals surface area contributed by atoms with Crippen molar-refractivity contribution in [2.24, 2.45) is 0 Å². The predicted octanol–water partition coefficient (Wildman–Crippen LogP) is 4.08. The summed E-state index contributed by atoms with van der Waals surface area (Å²) in [6, 6.07) is 16.1. The summed E-state index contributed by atoms with van der Waals surface area (Å²) in [4.78, 5) is 22.2. The fourth-order valence-electron chi connectivity index (χ4n) is 2.21. The number of rotatable bonds is 8. The number of ether oxygens (including phenoxy) is 2. The van der Waals surface area contributed by atoms with Crippen LogP contribution < -0.4 is 10.1 Å². The minimum absolute atomic E-state index is 0.274. The quantitative estimate of drug-likeness (QED) is 0.745. The van der Waals surface area contributed by atoms with Gasteiger partial charge in [0.05, 0.1) is 7.11 Å². The molecule has 0 bridgehead atoms. The van der Waals surface area contributed by atoms with Crippen LogP contribution in [0.1, 0.15) is 18.4 Å². The van der Waals surface area contributed by atoms with Gasteiger partial charge in [-0.25, -0.2) is 9.59 Å². The standard InChI is InChI=1S/C20H21NO5/c1-25-20(24)21-18(19(22)23)10-6-5-7-15-11-13-17(14-12-15)26-16-8-3-2-4-9-16/h2-5,7-9,11-14,18H,6,10H2,1H3,(H,21,24)(H,22,23)/b7-5+/t18-/m1/s1. The van der Waals surface area contributed by atoms with E-state index in [9.17, 15) is 9.59 Å². The van der Waals surface area contributed by atoms with Gasteiger partial charge in [0, 0.05) is 0 Å². The summed E-state index contributed by atoms with van der Waals surface area (Å²) in [5, 5.41) is 11.4. The van der Waals surface area contributed by atoms with Crippen molar-refractivity contribution in [3.05, 3.63) is 66.2 Å². The molecule has 2 N–H and O–H groups in total. The molecule has 136 valence electrons. The van der Waals surface area contributed by atoms with Gasteiger partial charge in [0.25, 0.3) is 0 Å². The molecule has 2 aromatic carbocycles. The van der Waals surface area contributed by atoms with Crippen molar-refractivity contribution in [3.63, 3.8) is 0 Å². The average Bonchev–Trinajstić information content (AvgIpc) is 2.66. The van der Waals surface area contributed by atoms with Crippen LogP contribution in [0.2, 0.25) is 0 Å². The molecule has 1 amide bonds. The average molecular weight is 355 g/mol. The summed E-state index contributed by atoms with van der Waals surface area (Å²) >= 11 is 0. The van der Waals surface area contributed by atoms with Gasteiger partial charge < -0.3 is 19.9 Å². The first kappa shape index (κ1) is 19.1. The summed E-state index contributed by atoms with van der Waals surface area (Å²) < 4.78 is 10.1. The molecule has 26 heavy (non-hydrogen) atoms. The van der Waals surface area contributed by atoms with Gasteiger partial charge in [-0.1, -0.05) is 42.5 Å². The van der Waals surface area contributed by atoms with Crippen molar-refractivity contribution >= 4 is 18.1 Å². The highest BCUT2D eigenvalue weighted by Gasteiger charge is 2.18. The van der Waals surface area contributed by atoms with Crippen molar-refractivity contribution < 1.29 is 24.2 Å². The van der Waals surface area contributed by atoms with Crippen LogP contribution in [0.3, 0.4) is 0 Å². The third-order valence-electron chi connectivity index (χ3n) is 3.57. The van der Waals surface area contributed by atoms with E-state index in [1.165, 1.54) is 7.11 Å². The SMILES string of the molecule is COC(=O)N[C@H](CC/C=C/c1ccc(Oc2ccccc2)cc1)C(=O)O. The maximum atomic E-state index is 11.1. The number of aliphatic carboxylic acids is 1. The second kappa shape index (κ2) is 9.88. The molecule has 0 aliphatic heterocycles. The van der Waals surface area contributed by atoms with E-state index in [0.717, 1.165) is 17.1 Å². The van der Waals surface area contributed by atoms with Crippen LogP contribution in [0.15, 0.2) is 60.7 Å². The van der Waals surface area contributed by atoms with Gasteiger partial charge in [-0.15, -0.1) is 0 Å². The second-order valence-corrected chi connectivity index (χ2v) is 5.49. The third kappa shape index (κ3) is 6.32. The normalized spacial score (nSPS) is 11.7. The Bertz CT molecular complexity index is 741. The number of amides is 1. The van der Waals surface area contributed by atoms with Gasteiger partial charge in [0.15, 0.2) is 0 Å². The first-order valence-electron chi connectivity index (χ1n) is 8.15. The molecule has 0 saturated heterocycles. The Hall–Kier alpha value is -3.28. The molecule has 0 aromatic heterocycles. The lowest BCUT2D eigenvalue weighted by atomic mass is 10.1. The Kier molecular flexibility index (Phi) is 7.24. The van der Waals surface area contributed by atoms with Gasteiger partial charge in [-0.2, -0.15) is 0 Å². The minimum atomic E-state index is -1.09. The van der Waals surface area contributed by atoms with Crippen molar-refractivity contribution in [1.29, 1.82) is 0 Å². The summed E-state index contributed by atoms with van der Waals surface area (Å²) in [5.41, 5.74) is 0.971. The van der Waals surface area contributed by atoms with E-state index in [2.05, 4.69) is 10.1 Å². The van der Waals surface area contributed by atoms with Gasteiger partial charge >= 0.3 is 12.1 Å². The minimum Gasteiger partial charge on any atom is -0.480 e. The van der Waals surface area contributed by atoms with Crippen molar-refractivity contribution in [3.8, 4) is 11.5 Å². The maximum absolute atomic E-state index is 11.1. The van der Waals surface area contributed by atoms with Crippen LogP contribution in [0.4, 0.5) is 4.79 Å². The molecule has 0 radical (unpaired) electrons. The molecule has 0 spiro atoms. The lowest BCUT2D eigenvalue weighted by Gasteiger charge is -2.12. The number of carbonyl (C=O) groups excluding carboxylic acids is 1. The molecule has 2 rings (SSSR count). The molecule has 6 nitrogen and oxygen atoms in total. The molecule has 6 heteroatoms. The topological polar surface area (TPSA) is 84.9 Å². The number of nitrogens with one attached hydrogen (secondary N) is 1. The zero-order valence-corrected chi connectivity index (χ0v) is 14.4. The molecule has 0 unspecified atom stereocenters. The summed E-state index contributed by atoms with van der Waals surface area (Å²) in [6.07, 6.45) is 3.78. The first-order chi connectivity index (χ1) is 12.6. The maximum Gasteiger partial charge on any atom is 0.407 e. The molecule has 0 heterocycles. The molecular weight excluding hydrogens is 334 g/mol. The number of methoxy groups -OCH3 is 1. The van der Waals surface area contributed by atoms with Crippen LogP contribution in [0, 0.1) is 0 Å². The summed E-state index contributed by atoms with van der Waals surface area (Å²) in [6.45, 7) is 0. The van der Waals surface area contributed by atoms with Crippen molar-refractivity contribution in [1.82, 2.24) is 5.32 Å². The number of carbonyl (C=O) groups is 2. The van der Waals surface area contributed by atoms with Gasteiger partial charge in [0.1, 0.15) is 17.5 Å². The van der Waals surface area contributed by atoms with Crippen LogP contribution in [-0.4, -0.2) is 30.3 Å². The Morgan fingerprint density at radius 2 is 1.73 bits per heavy atom. The van der Waals surface area contributed by atoms with E-state index in [1.807, 2.05) is 66.7 Å². The third-order valence-corrected chi connectivity index (χ3v) is 3.57. The first-order valence-corrected chi connectivity index (χ1v) is 8.15. The lowest BCUT2D eigenvalue weighted by Crippen LogP contribution is -2.40. The smallest absolute Gasteiger partial charge is 0.407 e. The predicted molar refractivity (Wildman–Crippen MR) is 98.2 cm³/mol. The number of hydrogen-bond donors (Lipinski definition) is 2. The highest BCUT2D eigenvalue weighted by molar-refractivity contribution is 5.79. The van der Waals surface area contributed by atoms with Crippen LogP contribution >= 0.6 is 0 Å². The number of hydrogen-bond acceptors (Lipinski definition) is 4. The molecule has 0 saturated carbocycles. The van der Waals surface area contributed by atoms with Gasteiger partial charge in [-0.05, 0) is 42.7 Å². The van der Waals surface area contributed by atoms with E-state index in [-0.39, 0.29) is 6.42 Å². The fourth-order valence-corrected chi connectivity index (χ4v) is 2.21. The van der Waals surface area contributed by atoms with E-state index in [1.54, 1.807) is 0 Å². The second-order valence-electron chi connectivity index (χ2n) is 5.49. The number of carboxylic acid groups (broad SMARTS) is 1. The largest absolute Gasteiger partial charge is 0.480 e. The number of allylic oxidation sites excluding steroid dienone is 1. The molecule has 2 aromatic rings. The lowest BCUT2D eigenvalue weighted by molar-refractivity contribution is -0.139. The monoisotopic (exact) mass is 355 g/mol. The van der Waals surface area contributed by atoms with Crippen LogP contribution in [0.5, 0.6) is 11.5 Å². The number of para-hydroxylation sites is 1. The van der Waals surface area contributed by atoms with E-state index >= 15 is 0 Å². The zero-order chi connectivity index (χ0) is 18.8. The number of carboxylic acids is 1. The Morgan fingerprint density at radius 1 is 1.08 bits per heavy atom. The fraction of sp³-hybridized carbons (Fsp3) is 0.200. The molecule has 0 aliphatic carbocycles. The zero-order valence-electron chi connectivity index (χ0n) is 14.4. The van der Waals surface area contributed by atoms with Crippen molar-refractivity contribution in [2.75, 3.05) is 7.11 Å². The number of benzene rings is 2. The Balaban J connectivity index is 1.84. The molecule has 1 atom stereocenters. The molecule has 0 aliphatic rings. The van der Waals surface area contributed by atoms with E-state index < -0.39 is 18.1 Å². The summed E-state index contributed by atoms with van der Waals surface area (Å²) in [5.74, 6) is 0.418. The molecule has 0 fully saturated rings. The van der Waals surface area contributed by atoms with E-state index in [0.29, 0.717) is 6.42 Å². The summed E-state index contributed by atoms with van der Waals surface area (Å²) in [7, 11) is 1.19. The van der Waals surface area contributed by atoms with Crippen LogP contribution in [0.25, 0.3) is 6.08 Å². The Morgan fingerprint density at radius 3 is 2.35 bits per heavy atom.